The topological polar surface area (TPSA) is 32.3 Å². The summed E-state index contributed by atoms with van der Waals surface area (Å²) in [6.07, 6.45) is 5.09. The van der Waals surface area contributed by atoms with Crippen LogP contribution in [0.1, 0.15) is 32.6 Å². The average molecular weight is 157 g/mol. The molecule has 1 aliphatic rings. The summed E-state index contributed by atoms with van der Waals surface area (Å²) in [5.41, 5.74) is 0. The molecule has 2 heteroatoms. The largest absolute Gasteiger partial charge is 0.396 e. The van der Waals surface area contributed by atoms with Crippen molar-refractivity contribution in [3.05, 3.63) is 0 Å². The van der Waals surface area contributed by atoms with Crippen molar-refractivity contribution in [3.8, 4) is 0 Å². The molecule has 11 heavy (non-hydrogen) atoms. The molecule has 0 aromatic carbocycles. The van der Waals surface area contributed by atoms with Gasteiger partial charge in [-0.05, 0) is 38.6 Å². The van der Waals surface area contributed by atoms with E-state index in [0.717, 1.165) is 18.9 Å². The van der Waals surface area contributed by atoms with E-state index >= 15 is 0 Å². The quantitative estimate of drug-likeness (QED) is 0.587. The Bertz CT molecular complexity index is 102. The molecule has 0 radical (unpaired) electrons. The fourth-order valence-corrected chi connectivity index (χ4v) is 1.52. The summed E-state index contributed by atoms with van der Waals surface area (Å²) >= 11 is 0. The van der Waals surface area contributed by atoms with Crippen molar-refractivity contribution in [2.45, 2.75) is 38.6 Å². The van der Waals surface area contributed by atoms with E-state index in [1.54, 1.807) is 0 Å². The Hall–Kier alpha value is -0.0800. The molecule has 2 nitrogen and oxygen atoms in total. The van der Waals surface area contributed by atoms with E-state index in [2.05, 4.69) is 12.2 Å². The van der Waals surface area contributed by atoms with Crippen molar-refractivity contribution in [1.29, 1.82) is 0 Å². The maximum Gasteiger partial charge on any atom is 0.0443 e. The van der Waals surface area contributed by atoms with Crippen LogP contribution in [-0.4, -0.2) is 24.3 Å². The van der Waals surface area contributed by atoms with E-state index in [0.29, 0.717) is 12.6 Å². The third-order valence-electron chi connectivity index (χ3n) is 2.66. The summed E-state index contributed by atoms with van der Waals surface area (Å²) in [6, 6.07) is 0.662. The van der Waals surface area contributed by atoms with Gasteiger partial charge in [-0.25, -0.2) is 0 Å². The predicted molar refractivity (Wildman–Crippen MR) is 46.5 cm³/mol. The Kier molecular flexibility index (Phi) is 3.87. The fraction of sp³-hybridized carbons (Fsp3) is 1.00. The summed E-state index contributed by atoms with van der Waals surface area (Å²) in [6.45, 7) is 3.53. The van der Waals surface area contributed by atoms with Gasteiger partial charge in [0.05, 0.1) is 0 Å². The van der Waals surface area contributed by atoms with Gasteiger partial charge in [0.25, 0.3) is 0 Å². The van der Waals surface area contributed by atoms with Crippen LogP contribution in [0.25, 0.3) is 0 Å². The Morgan fingerprint density at radius 1 is 1.55 bits per heavy atom. The standard InChI is InChI=1S/C9H19NO/c1-8(9-4-2-5-9)10-6-3-7-11/h8-11H,2-7H2,1H3. The highest BCUT2D eigenvalue weighted by Crippen LogP contribution is 2.29. The summed E-state index contributed by atoms with van der Waals surface area (Å²) in [5.74, 6) is 0.911. The Labute approximate surface area is 69.0 Å². The lowest BCUT2D eigenvalue weighted by atomic mass is 9.80. The van der Waals surface area contributed by atoms with Crippen LogP contribution < -0.4 is 5.32 Å². The molecule has 66 valence electrons. The molecular formula is C9H19NO. The maximum atomic E-state index is 8.55. The molecule has 0 spiro atoms. The zero-order valence-electron chi connectivity index (χ0n) is 7.34. The Morgan fingerprint density at radius 3 is 2.73 bits per heavy atom. The zero-order chi connectivity index (χ0) is 8.10. The molecule has 1 atom stereocenters. The van der Waals surface area contributed by atoms with Crippen molar-refractivity contribution in [3.63, 3.8) is 0 Å². The molecule has 0 amide bonds. The van der Waals surface area contributed by atoms with Crippen molar-refractivity contribution in [1.82, 2.24) is 5.32 Å². The monoisotopic (exact) mass is 157 g/mol. The van der Waals surface area contributed by atoms with Gasteiger partial charge in [-0.15, -0.1) is 0 Å². The maximum absolute atomic E-state index is 8.55. The minimum atomic E-state index is 0.310. The first-order valence-electron chi connectivity index (χ1n) is 4.69. The molecule has 1 aliphatic carbocycles. The van der Waals surface area contributed by atoms with E-state index < -0.39 is 0 Å². The van der Waals surface area contributed by atoms with Gasteiger partial charge in [0.15, 0.2) is 0 Å². The SMILES string of the molecule is CC(NCCCO)C1CCC1. The van der Waals surface area contributed by atoms with Gasteiger partial charge < -0.3 is 10.4 Å². The number of aliphatic hydroxyl groups is 1. The molecule has 1 saturated carbocycles. The molecule has 1 rings (SSSR count). The minimum Gasteiger partial charge on any atom is -0.396 e. The van der Waals surface area contributed by atoms with Gasteiger partial charge in [0.1, 0.15) is 0 Å². The molecule has 2 N–H and O–H groups in total. The van der Waals surface area contributed by atoms with Crippen LogP contribution in [0.15, 0.2) is 0 Å². The third kappa shape index (κ3) is 2.80. The van der Waals surface area contributed by atoms with E-state index in [4.69, 9.17) is 5.11 Å². The summed E-state index contributed by atoms with van der Waals surface area (Å²) < 4.78 is 0. The van der Waals surface area contributed by atoms with Gasteiger partial charge in [0.2, 0.25) is 0 Å². The highest BCUT2D eigenvalue weighted by Gasteiger charge is 2.22. The summed E-state index contributed by atoms with van der Waals surface area (Å²) in [4.78, 5) is 0. The Morgan fingerprint density at radius 2 is 2.27 bits per heavy atom. The van der Waals surface area contributed by atoms with Crippen LogP contribution in [0.4, 0.5) is 0 Å². The normalized spacial score (nSPS) is 21.3. The van der Waals surface area contributed by atoms with Crippen molar-refractivity contribution in [2.75, 3.05) is 13.2 Å². The lowest BCUT2D eigenvalue weighted by Crippen LogP contribution is -2.37. The van der Waals surface area contributed by atoms with Gasteiger partial charge in [-0.1, -0.05) is 6.42 Å². The van der Waals surface area contributed by atoms with Crippen LogP contribution in [-0.2, 0) is 0 Å². The molecule has 0 aromatic rings. The fourth-order valence-electron chi connectivity index (χ4n) is 1.52. The zero-order valence-corrected chi connectivity index (χ0v) is 7.34. The van der Waals surface area contributed by atoms with E-state index in [1.807, 2.05) is 0 Å². The van der Waals surface area contributed by atoms with Crippen molar-refractivity contribution in [2.24, 2.45) is 5.92 Å². The second-order valence-corrected chi connectivity index (χ2v) is 3.51. The van der Waals surface area contributed by atoms with E-state index in [1.165, 1.54) is 19.3 Å². The van der Waals surface area contributed by atoms with Crippen LogP contribution in [0.3, 0.4) is 0 Å². The molecular weight excluding hydrogens is 138 g/mol. The molecule has 0 heterocycles. The Balaban J connectivity index is 1.96. The number of hydrogen-bond donors (Lipinski definition) is 2. The van der Waals surface area contributed by atoms with Crippen LogP contribution >= 0.6 is 0 Å². The summed E-state index contributed by atoms with van der Waals surface area (Å²) in [7, 11) is 0. The molecule has 1 unspecified atom stereocenters. The van der Waals surface area contributed by atoms with Crippen molar-refractivity contribution < 1.29 is 5.11 Å². The predicted octanol–water partition coefficient (Wildman–Crippen LogP) is 1.15. The highest BCUT2D eigenvalue weighted by molar-refractivity contribution is 4.79. The van der Waals surface area contributed by atoms with Gasteiger partial charge in [-0.2, -0.15) is 0 Å². The van der Waals surface area contributed by atoms with Crippen LogP contribution in [0.5, 0.6) is 0 Å². The molecule has 0 saturated heterocycles. The lowest BCUT2D eigenvalue weighted by Gasteiger charge is -2.32. The van der Waals surface area contributed by atoms with Gasteiger partial charge >= 0.3 is 0 Å². The lowest BCUT2D eigenvalue weighted by molar-refractivity contribution is 0.231. The van der Waals surface area contributed by atoms with Gasteiger partial charge in [0, 0.05) is 12.6 Å². The second-order valence-electron chi connectivity index (χ2n) is 3.51. The van der Waals surface area contributed by atoms with E-state index in [9.17, 15) is 0 Å². The average Bonchev–Trinajstić information content (AvgIpc) is 1.84. The van der Waals surface area contributed by atoms with Crippen LogP contribution in [0, 0.1) is 5.92 Å². The first-order chi connectivity index (χ1) is 5.34. The third-order valence-corrected chi connectivity index (χ3v) is 2.66. The molecule has 0 aromatic heterocycles. The number of nitrogens with one attached hydrogen (secondary N) is 1. The first-order valence-corrected chi connectivity index (χ1v) is 4.69. The molecule has 1 fully saturated rings. The number of aliphatic hydroxyl groups excluding tert-OH is 1. The summed E-state index contributed by atoms with van der Waals surface area (Å²) in [5, 5.41) is 12.0. The smallest absolute Gasteiger partial charge is 0.0443 e. The van der Waals surface area contributed by atoms with E-state index in [-0.39, 0.29) is 0 Å². The minimum absolute atomic E-state index is 0.310. The van der Waals surface area contributed by atoms with Crippen LogP contribution in [0.2, 0.25) is 0 Å². The molecule has 0 bridgehead atoms. The second kappa shape index (κ2) is 4.73. The number of rotatable bonds is 5. The highest BCUT2D eigenvalue weighted by atomic mass is 16.3. The van der Waals surface area contributed by atoms with Crippen molar-refractivity contribution >= 4 is 0 Å². The molecule has 0 aliphatic heterocycles. The number of hydrogen-bond acceptors (Lipinski definition) is 2. The van der Waals surface area contributed by atoms with Gasteiger partial charge in [-0.3, -0.25) is 0 Å². The first kappa shape index (κ1) is 9.01.